The molecule has 2 N–H and O–H groups in total. The van der Waals surface area contributed by atoms with Gasteiger partial charge in [0.25, 0.3) is 0 Å². The molecule has 1 unspecified atom stereocenters. The lowest BCUT2D eigenvalue weighted by molar-refractivity contribution is -0.139. The number of nitrogens with zero attached hydrogens (tertiary/aromatic N) is 1. The van der Waals surface area contributed by atoms with Gasteiger partial charge in [-0.05, 0) is 6.92 Å². The van der Waals surface area contributed by atoms with E-state index in [4.69, 9.17) is 10.2 Å². The van der Waals surface area contributed by atoms with Gasteiger partial charge in [0.15, 0.2) is 0 Å². The topological polar surface area (TPSA) is 60.8 Å². The summed E-state index contributed by atoms with van der Waals surface area (Å²) in [5.41, 5.74) is 0. The highest BCUT2D eigenvalue weighted by Crippen LogP contribution is 2.19. The first-order valence-corrected chi connectivity index (χ1v) is 4.20. The molecule has 0 aromatic heterocycles. The zero-order valence-corrected chi connectivity index (χ0v) is 7.23. The third kappa shape index (κ3) is 2.19. The molecule has 1 aliphatic rings. The average Bonchev–Trinajstić information content (AvgIpc) is 1.82. The van der Waals surface area contributed by atoms with Gasteiger partial charge in [0.1, 0.15) is 0 Å². The molecule has 1 atom stereocenters. The molecule has 0 saturated carbocycles. The van der Waals surface area contributed by atoms with Gasteiger partial charge in [-0.2, -0.15) is 0 Å². The number of carbonyl (C=O) groups is 1. The smallest absolute Gasteiger partial charge is 0.304 e. The molecule has 0 aromatic rings. The predicted octanol–water partition coefficient (Wildman–Crippen LogP) is -0.226. The summed E-state index contributed by atoms with van der Waals surface area (Å²) < 4.78 is 0. The maximum Gasteiger partial charge on any atom is 0.304 e. The summed E-state index contributed by atoms with van der Waals surface area (Å²) >= 11 is 0. The summed E-state index contributed by atoms with van der Waals surface area (Å²) in [6, 6.07) is 0.102. The fourth-order valence-electron chi connectivity index (χ4n) is 1.47. The average molecular weight is 173 g/mol. The van der Waals surface area contributed by atoms with Crippen LogP contribution in [0.4, 0.5) is 0 Å². The van der Waals surface area contributed by atoms with E-state index in [0.717, 1.165) is 13.1 Å². The maximum atomic E-state index is 10.3. The van der Waals surface area contributed by atoms with Crippen LogP contribution >= 0.6 is 0 Å². The van der Waals surface area contributed by atoms with Crippen molar-refractivity contribution in [2.45, 2.75) is 19.4 Å². The van der Waals surface area contributed by atoms with E-state index in [2.05, 4.69) is 4.90 Å². The van der Waals surface area contributed by atoms with Crippen molar-refractivity contribution in [2.75, 3.05) is 19.7 Å². The number of likely N-dealkylation sites (tertiary alicyclic amines) is 1. The first kappa shape index (κ1) is 9.48. The maximum absolute atomic E-state index is 10.3. The van der Waals surface area contributed by atoms with Crippen LogP contribution in [0.5, 0.6) is 0 Å². The Morgan fingerprint density at radius 1 is 1.67 bits per heavy atom. The second-order valence-electron chi connectivity index (χ2n) is 3.45. The molecular weight excluding hydrogens is 158 g/mol. The summed E-state index contributed by atoms with van der Waals surface area (Å²) in [6.07, 6.45) is 0.193. The van der Waals surface area contributed by atoms with Gasteiger partial charge in [-0.3, -0.25) is 9.69 Å². The number of hydrogen-bond donors (Lipinski definition) is 2. The molecule has 0 aliphatic carbocycles. The molecular formula is C8H15NO3. The Morgan fingerprint density at radius 2 is 2.25 bits per heavy atom. The minimum absolute atomic E-state index is 0.102. The van der Waals surface area contributed by atoms with E-state index < -0.39 is 5.97 Å². The van der Waals surface area contributed by atoms with Crippen LogP contribution in [0.25, 0.3) is 0 Å². The number of aliphatic hydroxyl groups excluding tert-OH is 1. The van der Waals surface area contributed by atoms with Gasteiger partial charge < -0.3 is 10.2 Å². The van der Waals surface area contributed by atoms with E-state index >= 15 is 0 Å². The van der Waals surface area contributed by atoms with E-state index in [1.54, 1.807) is 0 Å². The third-order valence-electron chi connectivity index (χ3n) is 2.34. The molecule has 70 valence electrons. The van der Waals surface area contributed by atoms with Gasteiger partial charge in [-0.25, -0.2) is 0 Å². The number of carboxylic acids is 1. The summed E-state index contributed by atoms with van der Waals surface area (Å²) in [5, 5.41) is 17.2. The molecule has 1 aliphatic heterocycles. The summed E-state index contributed by atoms with van der Waals surface area (Å²) in [7, 11) is 0. The van der Waals surface area contributed by atoms with Gasteiger partial charge in [0.05, 0.1) is 6.42 Å². The van der Waals surface area contributed by atoms with Crippen molar-refractivity contribution in [3.05, 3.63) is 0 Å². The quantitative estimate of drug-likeness (QED) is 0.616. The number of aliphatic carboxylic acids is 1. The fourth-order valence-corrected chi connectivity index (χ4v) is 1.47. The van der Waals surface area contributed by atoms with Crippen LogP contribution in [0.2, 0.25) is 0 Å². The molecule has 0 radical (unpaired) electrons. The summed E-state index contributed by atoms with van der Waals surface area (Å²) in [6.45, 7) is 3.80. The Kier molecular flexibility index (Phi) is 3.05. The SMILES string of the molecule is CC(CC(=O)O)N1CC(CO)C1. The molecule has 0 aromatic carbocycles. The molecule has 1 rings (SSSR count). The second kappa shape index (κ2) is 3.87. The molecule has 4 nitrogen and oxygen atoms in total. The van der Waals surface area contributed by atoms with Crippen LogP contribution in [0, 0.1) is 5.92 Å². The number of aliphatic hydroxyl groups is 1. The Morgan fingerprint density at radius 3 is 2.67 bits per heavy atom. The van der Waals surface area contributed by atoms with Crippen LogP contribution < -0.4 is 0 Å². The highest BCUT2D eigenvalue weighted by Gasteiger charge is 2.30. The van der Waals surface area contributed by atoms with Gasteiger partial charge in [0, 0.05) is 31.7 Å². The zero-order chi connectivity index (χ0) is 9.14. The third-order valence-corrected chi connectivity index (χ3v) is 2.34. The standard InChI is InChI=1S/C8H15NO3/c1-6(2-8(11)12)9-3-7(4-9)5-10/h6-7,10H,2-5H2,1H3,(H,11,12). The van der Waals surface area contributed by atoms with E-state index in [1.165, 1.54) is 0 Å². The fraction of sp³-hybridized carbons (Fsp3) is 0.875. The van der Waals surface area contributed by atoms with E-state index in [1.807, 2.05) is 6.92 Å². The monoisotopic (exact) mass is 173 g/mol. The molecule has 0 bridgehead atoms. The number of hydrogen-bond acceptors (Lipinski definition) is 3. The van der Waals surface area contributed by atoms with Gasteiger partial charge in [-0.15, -0.1) is 0 Å². The Labute approximate surface area is 71.8 Å². The predicted molar refractivity (Wildman–Crippen MR) is 43.9 cm³/mol. The lowest BCUT2D eigenvalue weighted by Gasteiger charge is -2.42. The molecule has 1 fully saturated rings. The van der Waals surface area contributed by atoms with Gasteiger partial charge in [-0.1, -0.05) is 0 Å². The minimum atomic E-state index is -0.755. The largest absolute Gasteiger partial charge is 0.481 e. The Hall–Kier alpha value is -0.610. The van der Waals surface area contributed by atoms with Crippen LogP contribution in [-0.2, 0) is 4.79 Å². The Bertz CT molecular complexity index is 166. The van der Waals surface area contributed by atoms with Crippen LogP contribution in [-0.4, -0.2) is 46.8 Å². The van der Waals surface area contributed by atoms with Crippen molar-refractivity contribution in [1.82, 2.24) is 4.90 Å². The highest BCUT2D eigenvalue weighted by atomic mass is 16.4. The lowest BCUT2D eigenvalue weighted by atomic mass is 9.98. The van der Waals surface area contributed by atoms with Crippen LogP contribution in [0.3, 0.4) is 0 Å². The van der Waals surface area contributed by atoms with Crippen molar-refractivity contribution in [3.8, 4) is 0 Å². The van der Waals surface area contributed by atoms with Crippen LogP contribution in [0.15, 0.2) is 0 Å². The van der Waals surface area contributed by atoms with Crippen LogP contribution in [0.1, 0.15) is 13.3 Å². The van der Waals surface area contributed by atoms with E-state index in [9.17, 15) is 4.79 Å². The molecule has 1 saturated heterocycles. The number of rotatable bonds is 4. The molecule has 0 spiro atoms. The van der Waals surface area contributed by atoms with Gasteiger partial charge >= 0.3 is 5.97 Å². The molecule has 12 heavy (non-hydrogen) atoms. The van der Waals surface area contributed by atoms with Crippen molar-refractivity contribution in [2.24, 2.45) is 5.92 Å². The molecule has 4 heteroatoms. The molecule has 1 heterocycles. The highest BCUT2D eigenvalue weighted by molar-refractivity contribution is 5.67. The van der Waals surface area contributed by atoms with Crippen molar-refractivity contribution < 1.29 is 15.0 Å². The zero-order valence-electron chi connectivity index (χ0n) is 7.23. The summed E-state index contributed by atoms with van der Waals surface area (Å²) in [5.74, 6) is -0.392. The van der Waals surface area contributed by atoms with Crippen molar-refractivity contribution in [3.63, 3.8) is 0 Å². The summed E-state index contributed by atoms with van der Waals surface area (Å²) in [4.78, 5) is 12.4. The first-order chi connectivity index (χ1) is 5.63. The minimum Gasteiger partial charge on any atom is -0.481 e. The molecule has 0 amide bonds. The van der Waals surface area contributed by atoms with Crippen molar-refractivity contribution >= 4 is 5.97 Å². The number of carboxylic acid groups (broad SMARTS) is 1. The Balaban J connectivity index is 2.19. The lowest BCUT2D eigenvalue weighted by Crippen LogP contribution is -2.52. The van der Waals surface area contributed by atoms with E-state index in [-0.39, 0.29) is 19.1 Å². The normalized spacial score (nSPS) is 21.8. The van der Waals surface area contributed by atoms with Gasteiger partial charge in [0.2, 0.25) is 0 Å². The van der Waals surface area contributed by atoms with Crippen molar-refractivity contribution in [1.29, 1.82) is 0 Å². The van der Waals surface area contributed by atoms with E-state index in [0.29, 0.717) is 5.92 Å². The first-order valence-electron chi connectivity index (χ1n) is 4.20. The second-order valence-corrected chi connectivity index (χ2v) is 3.45.